The molecule has 9 heteroatoms. The van der Waals surface area contributed by atoms with Crippen molar-refractivity contribution in [3.63, 3.8) is 0 Å². The molecule has 0 aliphatic rings. The minimum absolute atomic E-state index is 0.0893. The molecule has 1 amide bonds. The van der Waals surface area contributed by atoms with Crippen molar-refractivity contribution < 1.29 is 4.79 Å². The monoisotopic (exact) mass is 494 g/mol. The zero-order valence-electron chi connectivity index (χ0n) is 19.7. The van der Waals surface area contributed by atoms with Crippen LogP contribution in [0.3, 0.4) is 0 Å². The van der Waals surface area contributed by atoms with Gasteiger partial charge in [0.05, 0.1) is 33.7 Å². The summed E-state index contributed by atoms with van der Waals surface area (Å²) in [6, 6.07) is 25.1. The Bertz CT molecular complexity index is 1830. The third kappa shape index (κ3) is 3.56. The number of rotatable bonds is 5. The van der Waals surface area contributed by atoms with Crippen molar-refractivity contribution in [2.75, 3.05) is 11.1 Å². The molecule has 0 aliphatic carbocycles. The molecule has 178 valence electrons. The highest BCUT2D eigenvalue weighted by atomic mass is 32.2. The van der Waals surface area contributed by atoms with Crippen molar-refractivity contribution in [3.05, 3.63) is 94.9 Å². The fraction of sp³-hybridized carbons (Fsp3) is 0.111. The first-order chi connectivity index (χ1) is 17.5. The summed E-state index contributed by atoms with van der Waals surface area (Å²) < 4.78 is 5.28. The van der Waals surface area contributed by atoms with Crippen LogP contribution in [0.25, 0.3) is 33.3 Å². The molecule has 0 radical (unpaired) electrons. The van der Waals surface area contributed by atoms with Gasteiger partial charge in [-0.15, -0.1) is 0 Å². The molecule has 6 aromatic rings. The van der Waals surface area contributed by atoms with Crippen molar-refractivity contribution in [2.24, 2.45) is 7.05 Å². The van der Waals surface area contributed by atoms with Gasteiger partial charge in [0.2, 0.25) is 5.91 Å². The highest BCUT2D eigenvalue weighted by molar-refractivity contribution is 7.99. The molecule has 0 atom stereocenters. The fourth-order valence-electron chi connectivity index (χ4n) is 4.43. The molecule has 3 aromatic heterocycles. The lowest BCUT2D eigenvalue weighted by molar-refractivity contribution is -0.113. The minimum atomic E-state index is -0.279. The van der Waals surface area contributed by atoms with E-state index in [1.54, 1.807) is 16.4 Å². The van der Waals surface area contributed by atoms with E-state index in [9.17, 15) is 9.59 Å². The maximum absolute atomic E-state index is 13.1. The van der Waals surface area contributed by atoms with Gasteiger partial charge in [-0.1, -0.05) is 54.2 Å². The van der Waals surface area contributed by atoms with Crippen LogP contribution in [0.5, 0.6) is 0 Å². The van der Waals surface area contributed by atoms with E-state index in [0.29, 0.717) is 10.9 Å². The molecule has 36 heavy (non-hydrogen) atoms. The number of thioether (sulfide) groups is 1. The van der Waals surface area contributed by atoms with Gasteiger partial charge in [0.15, 0.2) is 5.16 Å². The van der Waals surface area contributed by atoms with Crippen LogP contribution in [0.2, 0.25) is 0 Å². The van der Waals surface area contributed by atoms with E-state index in [1.807, 2.05) is 90.2 Å². The molecule has 0 aliphatic heterocycles. The van der Waals surface area contributed by atoms with Crippen LogP contribution in [-0.4, -0.2) is 35.4 Å². The van der Waals surface area contributed by atoms with Gasteiger partial charge in [-0.2, -0.15) is 0 Å². The molecule has 3 heterocycles. The van der Waals surface area contributed by atoms with Crippen LogP contribution in [-0.2, 0) is 11.8 Å². The summed E-state index contributed by atoms with van der Waals surface area (Å²) in [4.78, 5) is 35.8. The predicted molar refractivity (Wildman–Crippen MR) is 143 cm³/mol. The van der Waals surface area contributed by atoms with Crippen molar-refractivity contribution in [3.8, 4) is 5.69 Å². The van der Waals surface area contributed by atoms with Gasteiger partial charge < -0.3 is 5.32 Å². The summed E-state index contributed by atoms with van der Waals surface area (Å²) in [6.07, 6.45) is 0. The minimum Gasteiger partial charge on any atom is -0.319 e. The second-order valence-electron chi connectivity index (χ2n) is 8.44. The highest BCUT2D eigenvalue weighted by Crippen LogP contribution is 2.29. The van der Waals surface area contributed by atoms with Crippen molar-refractivity contribution in [1.82, 2.24) is 23.7 Å². The Morgan fingerprint density at radius 2 is 1.61 bits per heavy atom. The Kier molecular flexibility index (Phi) is 5.34. The first-order valence-electron chi connectivity index (χ1n) is 11.5. The zero-order valence-corrected chi connectivity index (χ0v) is 20.5. The smallest absolute Gasteiger partial charge is 0.295 e. The largest absolute Gasteiger partial charge is 0.319 e. The van der Waals surface area contributed by atoms with E-state index in [0.717, 1.165) is 33.3 Å². The lowest BCUT2D eigenvalue weighted by Crippen LogP contribution is -2.23. The van der Waals surface area contributed by atoms with E-state index < -0.39 is 0 Å². The predicted octanol–water partition coefficient (Wildman–Crippen LogP) is 4.56. The summed E-state index contributed by atoms with van der Waals surface area (Å²) >= 11 is 1.31. The number of amides is 1. The Labute approximate surface area is 210 Å². The second-order valence-corrected chi connectivity index (χ2v) is 9.39. The number of benzene rings is 3. The molecule has 0 bridgehead atoms. The van der Waals surface area contributed by atoms with Gasteiger partial charge in [0.1, 0.15) is 11.3 Å². The van der Waals surface area contributed by atoms with E-state index in [1.165, 1.54) is 11.8 Å². The van der Waals surface area contributed by atoms with E-state index in [-0.39, 0.29) is 22.9 Å². The van der Waals surface area contributed by atoms with Crippen LogP contribution >= 0.6 is 11.8 Å². The van der Waals surface area contributed by atoms with Gasteiger partial charge in [-0.3, -0.25) is 18.7 Å². The molecule has 1 N–H and O–H groups in total. The highest BCUT2D eigenvalue weighted by Gasteiger charge is 2.19. The first kappa shape index (κ1) is 22.1. The standard InChI is InChI=1S/C27H22N6O2S/c1-17-24(26(35)33(31(17)2)18-10-4-3-5-11-18)30-23(34)16-36-27-29-20-13-7-6-12-19(20)25-28-21-14-8-9-15-22(21)32(25)27/h3-15H,16H2,1-2H3,(H,30,34). The Morgan fingerprint density at radius 1 is 0.917 bits per heavy atom. The average molecular weight is 495 g/mol. The zero-order chi connectivity index (χ0) is 24.8. The lowest BCUT2D eigenvalue weighted by Gasteiger charge is -2.08. The normalized spacial score (nSPS) is 11.5. The van der Waals surface area contributed by atoms with Gasteiger partial charge in [-0.05, 0) is 43.3 Å². The summed E-state index contributed by atoms with van der Waals surface area (Å²) in [5.74, 6) is -0.190. The number of carbonyl (C=O) groups excluding carboxylic acids is 1. The maximum Gasteiger partial charge on any atom is 0.295 e. The quantitative estimate of drug-likeness (QED) is 0.280. The number of nitrogens with one attached hydrogen (secondary N) is 1. The fourth-order valence-corrected chi connectivity index (χ4v) is 5.24. The molecule has 0 saturated heterocycles. The second kappa shape index (κ2) is 8.69. The first-order valence-corrected chi connectivity index (χ1v) is 12.4. The number of aromatic nitrogens is 5. The number of hydrogen-bond acceptors (Lipinski definition) is 5. The van der Waals surface area contributed by atoms with Crippen LogP contribution in [0.15, 0.2) is 88.8 Å². The third-order valence-corrected chi connectivity index (χ3v) is 7.20. The van der Waals surface area contributed by atoms with Crippen LogP contribution in [0.4, 0.5) is 5.69 Å². The van der Waals surface area contributed by atoms with Crippen molar-refractivity contribution in [2.45, 2.75) is 12.1 Å². The van der Waals surface area contributed by atoms with Crippen molar-refractivity contribution >= 4 is 50.9 Å². The van der Waals surface area contributed by atoms with Crippen LogP contribution in [0.1, 0.15) is 5.69 Å². The van der Waals surface area contributed by atoms with Gasteiger partial charge >= 0.3 is 0 Å². The summed E-state index contributed by atoms with van der Waals surface area (Å²) in [5.41, 5.74) is 4.82. The molecule has 8 nitrogen and oxygen atoms in total. The lowest BCUT2D eigenvalue weighted by atomic mass is 10.2. The van der Waals surface area contributed by atoms with Gasteiger partial charge in [-0.25, -0.2) is 14.6 Å². The Morgan fingerprint density at radius 3 is 2.42 bits per heavy atom. The molecule has 0 fully saturated rings. The average Bonchev–Trinajstić information content (AvgIpc) is 3.39. The number of hydrogen-bond donors (Lipinski definition) is 1. The molecule has 0 spiro atoms. The van der Waals surface area contributed by atoms with Gasteiger partial charge in [0.25, 0.3) is 5.56 Å². The number of nitrogens with zero attached hydrogens (tertiary/aromatic N) is 5. The molecule has 0 unspecified atom stereocenters. The topological polar surface area (TPSA) is 86.2 Å². The number of anilines is 1. The van der Waals surface area contributed by atoms with E-state index >= 15 is 0 Å². The number of carbonyl (C=O) groups is 1. The molecule has 3 aromatic carbocycles. The number of imidazole rings is 1. The maximum atomic E-state index is 13.1. The number of para-hydroxylation sites is 4. The van der Waals surface area contributed by atoms with Crippen molar-refractivity contribution in [1.29, 1.82) is 0 Å². The SMILES string of the molecule is Cc1c(NC(=O)CSc2nc3ccccc3c3nc4ccccc4n23)c(=O)n(-c2ccccc2)n1C. The van der Waals surface area contributed by atoms with Gasteiger partial charge in [0, 0.05) is 12.4 Å². The molecular weight excluding hydrogens is 472 g/mol. The molecule has 6 rings (SSSR count). The Balaban J connectivity index is 1.33. The summed E-state index contributed by atoms with van der Waals surface area (Å²) in [5, 5.41) is 4.44. The van der Waals surface area contributed by atoms with Crippen LogP contribution in [0, 0.1) is 6.92 Å². The third-order valence-electron chi connectivity index (χ3n) is 6.26. The van der Waals surface area contributed by atoms with E-state index in [2.05, 4.69) is 5.32 Å². The molecular formula is C27H22N6O2S. The molecule has 0 saturated carbocycles. The number of fused-ring (bicyclic) bond motifs is 5. The Hall–Kier alpha value is -4.37. The van der Waals surface area contributed by atoms with E-state index in [4.69, 9.17) is 9.97 Å². The summed E-state index contributed by atoms with van der Waals surface area (Å²) in [6.45, 7) is 1.82. The van der Waals surface area contributed by atoms with Crippen LogP contribution < -0.4 is 10.9 Å². The summed E-state index contributed by atoms with van der Waals surface area (Å²) in [7, 11) is 1.80.